The minimum absolute atomic E-state index is 0.0935. The van der Waals surface area contributed by atoms with E-state index < -0.39 is 29.1 Å². The molecule has 2 amide bonds. The van der Waals surface area contributed by atoms with Gasteiger partial charge in [0, 0.05) is 26.2 Å². The van der Waals surface area contributed by atoms with Crippen LogP contribution in [0.5, 0.6) is 0 Å². The largest absolute Gasteiger partial charge is 0.465 e. The lowest BCUT2D eigenvalue weighted by Crippen LogP contribution is -2.56. The van der Waals surface area contributed by atoms with Crippen LogP contribution in [0.25, 0.3) is 0 Å². The molecule has 3 rings (SSSR count). The number of likely N-dealkylation sites (tertiary alicyclic amines) is 1. The summed E-state index contributed by atoms with van der Waals surface area (Å²) in [7, 11) is 0. The van der Waals surface area contributed by atoms with Crippen molar-refractivity contribution in [1.29, 1.82) is 0 Å². The maximum absolute atomic E-state index is 14.3. The molecule has 0 saturated carbocycles. The molecule has 2 bridgehead atoms. The molecule has 3 heterocycles. The maximum atomic E-state index is 14.3. The number of carbonyl (C=O) groups excluding carboxylic acids is 3. The van der Waals surface area contributed by atoms with E-state index in [9.17, 15) is 19.5 Å². The number of fused-ring (bicyclic) bond motifs is 1. The highest BCUT2D eigenvalue weighted by Gasteiger charge is 2.79. The van der Waals surface area contributed by atoms with Gasteiger partial charge in [-0.3, -0.25) is 14.4 Å². The lowest BCUT2D eigenvalue weighted by molar-refractivity contribution is -0.162. The van der Waals surface area contributed by atoms with E-state index >= 15 is 0 Å². The molecular weight excluding hydrogens is 496 g/mol. The summed E-state index contributed by atoms with van der Waals surface area (Å²) < 4.78 is 12.6. The van der Waals surface area contributed by atoms with Crippen LogP contribution in [0.1, 0.15) is 90.9 Å². The standard InChI is InChI=1S/C31H50N2O6/c1-5-9-11-16-23-38-29(37)25-24-27(35)33(21-14-12-15-22-34)26(31(24)18-17-30(25,8-4)39-31)28(36)32(19-7-3)20-13-10-6-2/h5,7,24-26,34H,1,3,6,8-23H2,2,4H3/t24-,25+,26?,30-,31?/m0/s1. The quantitative estimate of drug-likeness (QED) is 0.147. The first kappa shape index (κ1) is 31.3. The number of ether oxygens (including phenoxy) is 2. The number of unbranched alkanes of at least 4 members (excludes halogenated alkanes) is 6. The Bertz CT molecular complexity index is 877. The van der Waals surface area contributed by atoms with Crippen LogP contribution in [0.3, 0.4) is 0 Å². The van der Waals surface area contributed by atoms with E-state index in [1.54, 1.807) is 15.9 Å². The second-order valence-electron chi connectivity index (χ2n) is 11.4. The van der Waals surface area contributed by atoms with Gasteiger partial charge in [-0.25, -0.2) is 0 Å². The van der Waals surface area contributed by atoms with Gasteiger partial charge in [0.2, 0.25) is 11.8 Å². The molecule has 8 heteroatoms. The predicted octanol–water partition coefficient (Wildman–Crippen LogP) is 4.41. The fraction of sp³-hybridized carbons (Fsp3) is 0.774. The zero-order valence-electron chi connectivity index (χ0n) is 24.2. The summed E-state index contributed by atoms with van der Waals surface area (Å²) in [5.41, 5.74) is -1.82. The molecule has 1 spiro atoms. The molecule has 0 aliphatic carbocycles. The van der Waals surface area contributed by atoms with E-state index in [4.69, 9.17) is 9.47 Å². The fourth-order valence-electron chi connectivity index (χ4n) is 6.99. The summed E-state index contributed by atoms with van der Waals surface area (Å²) in [6.45, 7) is 13.5. The average Bonchev–Trinajstić information content (AvgIpc) is 3.54. The number of aliphatic hydroxyl groups is 1. The van der Waals surface area contributed by atoms with Gasteiger partial charge in [-0.1, -0.05) is 38.8 Å². The maximum Gasteiger partial charge on any atom is 0.312 e. The van der Waals surface area contributed by atoms with Crippen molar-refractivity contribution in [1.82, 2.24) is 9.80 Å². The second kappa shape index (κ2) is 14.4. The smallest absolute Gasteiger partial charge is 0.312 e. The van der Waals surface area contributed by atoms with Gasteiger partial charge in [-0.15, -0.1) is 13.2 Å². The third kappa shape index (κ3) is 6.27. The number of allylic oxidation sites excluding steroid dienone is 1. The third-order valence-electron chi connectivity index (χ3n) is 8.97. The van der Waals surface area contributed by atoms with Crippen LogP contribution in [0.2, 0.25) is 0 Å². The summed E-state index contributed by atoms with van der Waals surface area (Å²) in [6.07, 6.45) is 12.9. The molecule has 3 saturated heterocycles. The molecule has 2 unspecified atom stereocenters. The highest BCUT2D eigenvalue weighted by atomic mass is 16.6. The highest BCUT2D eigenvalue weighted by molar-refractivity contribution is 5.98. The number of esters is 1. The van der Waals surface area contributed by atoms with Gasteiger partial charge in [0.15, 0.2) is 0 Å². The van der Waals surface area contributed by atoms with Gasteiger partial charge in [-0.2, -0.15) is 0 Å². The second-order valence-corrected chi connectivity index (χ2v) is 11.4. The van der Waals surface area contributed by atoms with Crippen molar-refractivity contribution in [2.45, 2.75) is 108 Å². The average molecular weight is 547 g/mol. The Morgan fingerprint density at radius 3 is 2.56 bits per heavy atom. The van der Waals surface area contributed by atoms with Crippen molar-refractivity contribution < 1.29 is 29.0 Å². The van der Waals surface area contributed by atoms with Crippen LogP contribution in [0, 0.1) is 11.8 Å². The number of aliphatic hydroxyl groups excluding tert-OH is 1. The summed E-state index contributed by atoms with van der Waals surface area (Å²) in [5, 5.41) is 9.24. The molecule has 0 aromatic heterocycles. The van der Waals surface area contributed by atoms with Gasteiger partial charge in [0.1, 0.15) is 17.6 Å². The first-order valence-corrected chi connectivity index (χ1v) is 15.2. The number of nitrogens with zero attached hydrogens (tertiary/aromatic N) is 2. The minimum atomic E-state index is -1.03. The molecular formula is C31H50N2O6. The lowest BCUT2D eigenvalue weighted by atomic mass is 9.65. The molecule has 3 aliphatic rings. The minimum Gasteiger partial charge on any atom is -0.465 e. The zero-order chi connectivity index (χ0) is 28.5. The molecule has 8 nitrogen and oxygen atoms in total. The van der Waals surface area contributed by atoms with Crippen LogP contribution in [0.15, 0.2) is 25.3 Å². The van der Waals surface area contributed by atoms with E-state index in [0.717, 1.165) is 44.9 Å². The molecule has 0 aromatic rings. The van der Waals surface area contributed by atoms with Gasteiger partial charge < -0.3 is 24.4 Å². The van der Waals surface area contributed by atoms with E-state index in [1.807, 2.05) is 13.0 Å². The molecule has 39 heavy (non-hydrogen) atoms. The van der Waals surface area contributed by atoms with Crippen molar-refractivity contribution >= 4 is 17.8 Å². The van der Waals surface area contributed by atoms with E-state index in [-0.39, 0.29) is 24.4 Å². The normalized spacial score (nSPS) is 28.9. The molecule has 1 N–H and O–H groups in total. The van der Waals surface area contributed by atoms with E-state index in [1.165, 1.54) is 0 Å². The zero-order valence-corrected chi connectivity index (χ0v) is 24.2. The van der Waals surface area contributed by atoms with Crippen molar-refractivity contribution in [2.75, 3.05) is 32.8 Å². The van der Waals surface area contributed by atoms with E-state index in [2.05, 4.69) is 20.1 Å². The lowest BCUT2D eigenvalue weighted by Gasteiger charge is -2.37. The monoisotopic (exact) mass is 546 g/mol. The third-order valence-corrected chi connectivity index (χ3v) is 8.97. The van der Waals surface area contributed by atoms with Crippen LogP contribution < -0.4 is 0 Å². The van der Waals surface area contributed by atoms with Crippen LogP contribution in [-0.2, 0) is 23.9 Å². The summed E-state index contributed by atoms with van der Waals surface area (Å²) in [6, 6.07) is -0.774. The van der Waals surface area contributed by atoms with Gasteiger partial charge in [-0.05, 0) is 64.2 Å². The molecule has 0 aromatic carbocycles. The first-order valence-electron chi connectivity index (χ1n) is 15.2. The molecule has 0 radical (unpaired) electrons. The van der Waals surface area contributed by atoms with Crippen molar-refractivity contribution in [2.24, 2.45) is 11.8 Å². The van der Waals surface area contributed by atoms with Crippen molar-refractivity contribution in [3.8, 4) is 0 Å². The first-order chi connectivity index (χ1) is 18.9. The predicted molar refractivity (Wildman–Crippen MR) is 151 cm³/mol. The van der Waals surface area contributed by atoms with Crippen molar-refractivity contribution in [3.05, 3.63) is 25.3 Å². The van der Waals surface area contributed by atoms with Crippen molar-refractivity contribution in [3.63, 3.8) is 0 Å². The Kier molecular flexibility index (Phi) is 11.6. The molecule has 3 aliphatic heterocycles. The Hall–Kier alpha value is -2.19. The topological polar surface area (TPSA) is 96.4 Å². The van der Waals surface area contributed by atoms with Crippen LogP contribution in [-0.4, -0.2) is 82.8 Å². The van der Waals surface area contributed by atoms with Crippen LogP contribution in [0.4, 0.5) is 0 Å². The van der Waals surface area contributed by atoms with E-state index in [0.29, 0.717) is 58.3 Å². The Morgan fingerprint density at radius 2 is 1.90 bits per heavy atom. The van der Waals surface area contributed by atoms with Crippen LogP contribution >= 0.6 is 0 Å². The number of amides is 2. The SMILES string of the molecule is C=CCCCCOC(=O)[C@H]1[C@H]2C(=O)N(CCCCCO)C(C(=O)N(CC=C)CCCCC)C23CC[C@]1(CC)O3. The van der Waals surface area contributed by atoms with Gasteiger partial charge in [0.05, 0.1) is 18.1 Å². The highest BCUT2D eigenvalue weighted by Crippen LogP contribution is 2.64. The molecule has 3 fully saturated rings. The Morgan fingerprint density at radius 1 is 1.10 bits per heavy atom. The number of hydrogen-bond acceptors (Lipinski definition) is 6. The molecule has 5 atom stereocenters. The van der Waals surface area contributed by atoms with Gasteiger partial charge in [0.25, 0.3) is 0 Å². The molecule has 220 valence electrons. The summed E-state index contributed by atoms with van der Waals surface area (Å²) in [5.74, 6) is -2.11. The Labute approximate surface area is 234 Å². The van der Waals surface area contributed by atoms with Gasteiger partial charge >= 0.3 is 5.97 Å². The number of carbonyl (C=O) groups is 3. The summed E-state index contributed by atoms with van der Waals surface area (Å²) >= 11 is 0. The fourth-order valence-corrected chi connectivity index (χ4v) is 6.99. The number of hydrogen-bond donors (Lipinski definition) is 1. The summed E-state index contributed by atoms with van der Waals surface area (Å²) in [4.78, 5) is 45.5. The Balaban J connectivity index is 1.93. The number of rotatable bonds is 19.